The average Bonchev–Trinajstić information content (AvgIpc) is 3.21. The summed E-state index contributed by atoms with van der Waals surface area (Å²) in [6.45, 7) is -0.0198. The number of β-lactam (4-membered cyclic amide) rings is 1. The second-order valence-corrected chi connectivity index (χ2v) is 8.76. The van der Waals surface area contributed by atoms with Gasteiger partial charge in [0.25, 0.3) is 11.8 Å². The lowest BCUT2D eigenvalue weighted by Gasteiger charge is -2.46. The number of halogens is 1. The number of carbonyl (C=O) groups excluding carboxylic acids is 2. The number of carboxylic acid groups (broad SMARTS) is 1. The number of rotatable bonds is 7. The molecule has 1 fully saturated rings. The first kappa shape index (κ1) is 21.8. The molecule has 1 aromatic carbocycles. The highest BCUT2D eigenvalue weighted by Crippen LogP contribution is 2.36. The van der Waals surface area contributed by atoms with Gasteiger partial charge in [-0.15, -0.1) is 23.1 Å². The van der Waals surface area contributed by atoms with Crippen LogP contribution in [0.2, 0.25) is 0 Å². The summed E-state index contributed by atoms with van der Waals surface area (Å²) in [4.78, 5) is 47.0. The van der Waals surface area contributed by atoms with Crippen molar-refractivity contribution in [3.8, 4) is 0 Å². The Hall–Kier alpha value is -3.45. The predicted molar refractivity (Wildman–Crippen MR) is 115 cm³/mol. The summed E-state index contributed by atoms with van der Waals surface area (Å²) in [5, 5.41) is 16.9. The Kier molecular flexibility index (Phi) is 6.10. The molecule has 1 unspecified atom stereocenters. The van der Waals surface area contributed by atoms with Gasteiger partial charge in [-0.2, -0.15) is 0 Å². The molecular formula is C19H16FN5O5S2. The molecule has 0 bridgehead atoms. The van der Waals surface area contributed by atoms with Crippen molar-refractivity contribution in [2.24, 2.45) is 5.16 Å². The van der Waals surface area contributed by atoms with E-state index in [-0.39, 0.29) is 40.3 Å². The van der Waals surface area contributed by atoms with Crippen molar-refractivity contribution in [2.45, 2.75) is 18.0 Å². The molecule has 0 aliphatic carbocycles. The van der Waals surface area contributed by atoms with Crippen molar-refractivity contribution in [3.05, 3.63) is 58.5 Å². The number of nitrogens with zero attached hydrogens (tertiary/aromatic N) is 3. The van der Waals surface area contributed by atoms with Crippen molar-refractivity contribution >= 4 is 51.7 Å². The minimum Gasteiger partial charge on any atom is -0.478 e. The predicted octanol–water partition coefficient (Wildman–Crippen LogP) is 1.15. The van der Waals surface area contributed by atoms with Crippen LogP contribution in [0.1, 0.15) is 11.3 Å². The number of carbonyl (C=O) groups is 3. The number of thioether (sulfide) groups is 1. The Morgan fingerprint density at radius 1 is 1.38 bits per heavy atom. The van der Waals surface area contributed by atoms with Crippen LogP contribution in [-0.2, 0) is 25.8 Å². The molecule has 2 aliphatic rings. The van der Waals surface area contributed by atoms with Gasteiger partial charge in [0, 0.05) is 17.3 Å². The van der Waals surface area contributed by atoms with Crippen LogP contribution in [-0.4, -0.2) is 55.7 Å². The number of thiazole rings is 1. The van der Waals surface area contributed by atoms with Crippen molar-refractivity contribution in [1.82, 2.24) is 15.2 Å². The zero-order chi connectivity index (χ0) is 22.8. The lowest BCUT2D eigenvalue weighted by Crippen LogP contribution is -2.69. The highest BCUT2D eigenvalue weighted by atomic mass is 32.2. The van der Waals surface area contributed by atoms with Crippen LogP contribution in [0, 0.1) is 5.82 Å². The highest BCUT2D eigenvalue weighted by molar-refractivity contribution is 8.00. The Labute approximate surface area is 188 Å². The van der Waals surface area contributed by atoms with Gasteiger partial charge in [0.05, 0.1) is 5.57 Å². The van der Waals surface area contributed by atoms with Gasteiger partial charge in [-0.3, -0.25) is 9.59 Å². The molecule has 4 rings (SSSR count). The zero-order valence-electron chi connectivity index (χ0n) is 16.2. The number of aromatic nitrogens is 1. The van der Waals surface area contributed by atoms with Gasteiger partial charge in [0.1, 0.15) is 29.5 Å². The van der Waals surface area contributed by atoms with Crippen molar-refractivity contribution in [3.63, 3.8) is 0 Å². The molecule has 0 saturated carbocycles. The summed E-state index contributed by atoms with van der Waals surface area (Å²) in [5.41, 5.74) is 6.41. The first-order chi connectivity index (χ1) is 15.3. The third-order valence-corrected chi connectivity index (χ3v) is 6.62. The van der Waals surface area contributed by atoms with Gasteiger partial charge in [0.2, 0.25) is 0 Å². The number of oxime groups is 1. The van der Waals surface area contributed by atoms with Crippen LogP contribution in [0.5, 0.6) is 0 Å². The largest absolute Gasteiger partial charge is 0.478 e. The SMILES string of the molecule is Nc1nc(C(=NOCc2ccc(F)cc2)C(=O)NC2C(=O)N3C=C(C(=O)O)CS[C@H]23)cs1. The van der Waals surface area contributed by atoms with Gasteiger partial charge in [-0.1, -0.05) is 17.3 Å². The van der Waals surface area contributed by atoms with E-state index in [0.717, 1.165) is 11.3 Å². The Morgan fingerprint density at radius 3 is 2.78 bits per heavy atom. The summed E-state index contributed by atoms with van der Waals surface area (Å²) in [6.07, 6.45) is 1.29. The number of amides is 2. The molecule has 13 heteroatoms. The summed E-state index contributed by atoms with van der Waals surface area (Å²) >= 11 is 2.34. The topological polar surface area (TPSA) is 147 Å². The molecule has 2 atom stereocenters. The monoisotopic (exact) mass is 477 g/mol. The molecular weight excluding hydrogens is 461 g/mol. The standard InChI is InChI=1S/C19H16FN5O5S2/c20-11-3-1-9(2-4-11)6-30-24-13(12-8-32-19(21)22-12)15(26)23-14-16(27)25-5-10(18(28)29)7-31-17(14)25/h1-5,8,14,17H,6-7H2,(H2,21,22)(H,23,26)(H,28,29)/t14?,17-/m1/s1. The molecule has 2 aromatic rings. The molecule has 2 aliphatic heterocycles. The van der Waals surface area contributed by atoms with E-state index in [1.54, 1.807) is 0 Å². The molecule has 0 radical (unpaired) electrons. The molecule has 166 valence electrons. The van der Waals surface area contributed by atoms with Crippen LogP contribution in [0.15, 0.2) is 46.6 Å². The van der Waals surface area contributed by atoms with Gasteiger partial charge in [-0.05, 0) is 17.7 Å². The lowest BCUT2D eigenvalue weighted by atomic mass is 10.1. The third-order valence-electron chi connectivity index (χ3n) is 4.63. The normalized spacial score (nSPS) is 20.2. The van der Waals surface area contributed by atoms with Gasteiger partial charge < -0.3 is 25.9 Å². The molecule has 0 spiro atoms. The fraction of sp³-hybridized carbons (Fsp3) is 0.211. The Morgan fingerprint density at radius 2 is 2.12 bits per heavy atom. The first-order valence-electron chi connectivity index (χ1n) is 9.18. The van der Waals surface area contributed by atoms with E-state index in [9.17, 15) is 18.8 Å². The molecule has 1 saturated heterocycles. The molecule has 2 amide bonds. The zero-order valence-corrected chi connectivity index (χ0v) is 17.9. The van der Waals surface area contributed by atoms with E-state index in [4.69, 9.17) is 15.7 Å². The number of benzene rings is 1. The summed E-state index contributed by atoms with van der Waals surface area (Å²) in [5.74, 6) is -2.40. The molecule has 1 aromatic heterocycles. The number of nitrogen functional groups attached to an aromatic ring is 1. The molecule has 3 heterocycles. The maximum Gasteiger partial charge on any atom is 0.333 e. The van der Waals surface area contributed by atoms with Gasteiger partial charge >= 0.3 is 5.97 Å². The quantitative estimate of drug-likeness (QED) is 0.306. The second kappa shape index (κ2) is 8.96. The van der Waals surface area contributed by atoms with Crippen LogP contribution in [0.4, 0.5) is 9.52 Å². The van der Waals surface area contributed by atoms with Crippen molar-refractivity contribution in [1.29, 1.82) is 0 Å². The van der Waals surface area contributed by atoms with Crippen LogP contribution < -0.4 is 11.1 Å². The number of aliphatic carboxylic acids is 1. The van der Waals surface area contributed by atoms with Gasteiger partial charge in [-0.25, -0.2) is 14.2 Å². The molecule has 32 heavy (non-hydrogen) atoms. The van der Waals surface area contributed by atoms with Crippen molar-refractivity contribution in [2.75, 3.05) is 11.5 Å². The number of fused-ring (bicyclic) bond motifs is 1. The number of hydrogen-bond donors (Lipinski definition) is 3. The Bertz CT molecular complexity index is 1130. The number of hydrogen-bond acceptors (Lipinski definition) is 9. The van der Waals surface area contributed by atoms with E-state index in [2.05, 4.69) is 15.5 Å². The maximum absolute atomic E-state index is 13.0. The first-order valence-corrected chi connectivity index (χ1v) is 11.1. The lowest BCUT2D eigenvalue weighted by molar-refractivity contribution is -0.144. The average molecular weight is 477 g/mol. The summed E-state index contributed by atoms with van der Waals surface area (Å²) < 4.78 is 13.0. The van der Waals surface area contributed by atoms with E-state index >= 15 is 0 Å². The minimum absolute atomic E-state index is 0.0198. The number of anilines is 1. The number of carboxylic acids is 1. The van der Waals surface area contributed by atoms with E-state index < -0.39 is 29.2 Å². The van der Waals surface area contributed by atoms with E-state index in [1.165, 1.54) is 52.5 Å². The molecule has 10 nitrogen and oxygen atoms in total. The van der Waals surface area contributed by atoms with Crippen molar-refractivity contribution < 1.29 is 28.7 Å². The maximum atomic E-state index is 13.0. The number of nitrogens with two attached hydrogens (primary N) is 1. The number of nitrogens with one attached hydrogen (secondary N) is 1. The minimum atomic E-state index is -1.09. The molecule has 4 N–H and O–H groups in total. The highest BCUT2D eigenvalue weighted by Gasteiger charge is 2.50. The third kappa shape index (κ3) is 4.43. The summed E-state index contributed by atoms with van der Waals surface area (Å²) in [6, 6.07) is 4.74. The fourth-order valence-electron chi connectivity index (χ4n) is 2.99. The van der Waals surface area contributed by atoms with Gasteiger partial charge in [0.15, 0.2) is 10.8 Å². The van der Waals surface area contributed by atoms with E-state index in [0.29, 0.717) is 5.56 Å². The summed E-state index contributed by atoms with van der Waals surface area (Å²) in [7, 11) is 0. The fourth-order valence-corrected chi connectivity index (χ4v) is 4.79. The van der Waals surface area contributed by atoms with Crippen LogP contribution >= 0.6 is 23.1 Å². The van der Waals surface area contributed by atoms with Crippen LogP contribution in [0.3, 0.4) is 0 Å². The smallest absolute Gasteiger partial charge is 0.333 e. The van der Waals surface area contributed by atoms with E-state index in [1.807, 2.05) is 0 Å². The van der Waals surface area contributed by atoms with Crippen LogP contribution in [0.25, 0.3) is 0 Å². The second-order valence-electron chi connectivity index (χ2n) is 6.77. The Balaban J connectivity index is 1.47.